The van der Waals surface area contributed by atoms with Crippen LogP contribution in [0.15, 0.2) is 30.5 Å². The van der Waals surface area contributed by atoms with Gasteiger partial charge in [0.15, 0.2) is 5.82 Å². The summed E-state index contributed by atoms with van der Waals surface area (Å²) in [4.78, 5) is 26.5. The van der Waals surface area contributed by atoms with E-state index in [-0.39, 0.29) is 66.8 Å². The van der Waals surface area contributed by atoms with Crippen molar-refractivity contribution in [2.45, 2.75) is 50.7 Å². The Labute approximate surface area is 294 Å². The molecule has 5 aromatic rings. The van der Waals surface area contributed by atoms with Crippen LogP contribution in [0, 0.1) is 35.8 Å². The van der Waals surface area contributed by atoms with Crippen LogP contribution < -0.4 is 15.4 Å². The fourth-order valence-corrected chi connectivity index (χ4v) is 9.18. The number of anilines is 2. The summed E-state index contributed by atoms with van der Waals surface area (Å²) in [5.41, 5.74) is 6.42. The zero-order valence-corrected chi connectivity index (χ0v) is 28.6. The summed E-state index contributed by atoms with van der Waals surface area (Å²) in [5, 5.41) is 14.8. The molecule has 0 unspecified atom stereocenters. The van der Waals surface area contributed by atoms with E-state index in [0.717, 1.165) is 36.4 Å². The number of benzene rings is 2. The number of halogens is 4. The second-order valence-corrected chi connectivity index (χ2v) is 14.9. The van der Waals surface area contributed by atoms with E-state index in [2.05, 4.69) is 15.0 Å². The van der Waals surface area contributed by atoms with Crippen LogP contribution in [-0.2, 0) is 0 Å². The van der Waals surface area contributed by atoms with Gasteiger partial charge in [-0.1, -0.05) is 17.7 Å². The number of piperidine rings is 1. The van der Waals surface area contributed by atoms with Crippen LogP contribution in [0.2, 0.25) is 5.02 Å². The van der Waals surface area contributed by atoms with Gasteiger partial charge in [-0.3, -0.25) is 9.69 Å². The summed E-state index contributed by atoms with van der Waals surface area (Å²) < 4.78 is 54.2. The van der Waals surface area contributed by atoms with Gasteiger partial charge in [-0.15, -0.1) is 11.3 Å². The third-order valence-corrected chi connectivity index (χ3v) is 11.7. The molecule has 8 rings (SSSR count). The Bertz CT molecular complexity index is 2230. The van der Waals surface area contributed by atoms with Crippen LogP contribution in [0.25, 0.3) is 32.1 Å². The zero-order chi connectivity index (χ0) is 34.9. The van der Waals surface area contributed by atoms with Gasteiger partial charge in [-0.25, -0.2) is 17.9 Å². The number of aryl methyl sites for hydroxylation is 1. The van der Waals surface area contributed by atoms with E-state index in [1.165, 1.54) is 16.8 Å². The van der Waals surface area contributed by atoms with Crippen molar-refractivity contribution in [1.82, 2.24) is 24.6 Å². The number of hydrogen-bond donors (Lipinski definition) is 1. The number of rotatable bonds is 6. The number of fused-ring (bicyclic) bond motifs is 3. The van der Waals surface area contributed by atoms with Gasteiger partial charge in [-0.05, 0) is 62.9 Å². The summed E-state index contributed by atoms with van der Waals surface area (Å²) in [5.74, 6) is -1.36. The van der Waals surface area contributed by atoms with E-state index >= 15 is 4.39 Å². The lowest BCUT2D eigenvalue weighted by Gasteiger charge is -2.33. The molecule has 258 valence electrons. The van der Waals surface area contributed by atoms with E-state index in [9.17, 15) is 18.8 Å². The quantitative estimate of drug-likeness (QED) is 0.199. The van der Waals surface area contributed by atoms with Crippen molar-refractivity contribution in [1.29, 1.82) is 5.26 Å². The molecular formula is C35H32ClF3N8O2S. The Balaban J connectivity index is 1.21. The molecule has 3 fully saturated rings. The standard InChI is InChI=1S/C35H32ClF3N8O2S/c1-18-5-12-47(44-18)33(48)19-6-10-45(11-7-19)32-22-13-24(36)27(21-3-4-25(38)30-26(21)23(15-40)31(41)50-30)28(39)29(22)42-34(43-32)49-17-35-8-2-9-46(35)16-20(37)14-35/h3-5,12-13,19-20H,2,6-11,14,16-17,41H2,1H3/t20-,35+/m1/s1. The molecule has 6 heterocycles. The molecule has 10 nitrogen and oxygen atoms in total. The number of alkyl halides is 1. The largest absolute Gasteiger partial charge is 0.461 e. The normalized spacial score (nSPS) is 21.3. The highest BCUT2D eigenvalue weighted by molar-refractivity contribution is 7.23. The molecule has 0 radical (unpaired) electrons. The number of aromatic nitrogens is 4. The van der Waals surface area contributed by atoms with E-state index in [1.54, 1.807) is 18.3 Å². The molecule has 0 spiro atoms. The predicted octanol–water partition coefficient (Wildman–Crippen LogP) is 6.91. The Morgan fingerprint density at radius 2 is 2.02 bits per heavy atom. The van der Waals surface area contributed by atoms with Gasteiger partial charge in [0.05, 0.1) is 26.5 Å². The van der Waals surface area contributed by atoms with Crippen molar-refractivity contribution >= 4 is 60.7 Å². The third kappa shape index (κ3) is 5.34. The molecule has 15 heteroatoms. The first-order valence-electron chi connectivity index (χ1n) is 16.5. The Morgan fingerprint density at radius 1 is 1.22 bits per heavy atom. The molecule has 3 aliphatic rings. The van der Waals surface area contributed by atoms with E-state index in [1.807, 2.05) is 17.9 Å². The first-order chi connectivity index (χ1) is 24.1. The summed E-state index contributed by atoms with van der Waals surface area (Å²) in [6.45, 7) is 3.95. The summed E-state index contributed by atoms with van der Waals surface area (Å²) >= 11 is 7.75. The summed E-state index contributed by atoms with van der Waals surface area (Å²) in [6, 6.07) is 7.87. The highest BCUT2D eigenvalue weighted by atomic mass is 35.5. The molecule has 3 aliphatic heterocycles. The van der Waals surface area contributed by atoms with Crippen molar-refractivity contribution in [2.24, 2.45) is 5.92 Å². The maximum Gasteiger partial charge on any atom is 0.319 e. The molecular weight excluding hydrogens is 689 g/mol. The zero-order valence-electron chi connectivity index (χ0n) is 27.1. The SMILES string of the molecule is Cc1ccn(C(=O)C2CCN(c3nc(OC[C@@]45CCCN4C[C@H](F)C5)nc4c(F)c(-c5ccc(F)c6sc(N)c(C#N)c56)c(Cl)cc34)CC2)n1. The Kier molecular flexibility index (Phi) is 8.12. The number of nitriles is 1. The number of thiophene rings is 1. The smallest absolute Gasteiger partial charge is 0.319 e. The molecule has 2 aromatic carbocycles. The number of nitrogens with two attached hydrogens (primary N) is 1. The minimum atomic E-state index is -0.958. The van der Waals surface area contributed by atoms with Crippen molar-refractivity contribution < 1.29 is 22.7 Å². The number of ether oxygens (including phenoxy) is 1. The van der Waals surface area contributed by atoms with E-state index in [4.69, 9.17) is 27.1 Å². The van der Waals surface area contributed by atoms with Crippen molar-refractivity contribution in [3.8, 4) is 23.2 Å². The van der Waals surface area contributed by atoms with Gasteiger partial charge in [0.1, 0.15) is 41.0 Å². The van der Waals surface area contributed by atoms with Crippen molar-refractivity contribution in [3.63, 3.8) is 0 Å². The van der Waals surface area contributed by atoms with Crippen LogP contribution in [0.5, 0.6) is 6.01 Å². The molecule has 0 aliphatic carbocycles. The monoisotopic (exact) mass is 720 g/mol. The van der Waals surface area contributed by atoms with Crippen molar-refractivity contribution in [2.75, 3.05) is 43.4 Å². The van der Waals surface area contributed by atoms with Crippen LogP contribution in [0.1, 0.15) is 48.2 Å². The van der Waals surface area contributed by atoms with Crippen LogP contribution in [0.4, 0.5) is 24.0 Å². The lowest BCUT2D eigenvalue weighted by Crippen LogP contribution is -2.43. The number of nitrogen functional groups attached to an aromatic ring is 1. The van der Waals surface area contributed by atoms with Gasteiger partial charge < -0.3 is 15.4 Å². The van der Waals surface area contributed by atoms with Gasteiger partial charge in [0.2, 0.25) is 5.91 Å². The first kappa shape index (κ1) is 32.7. The maximum atomic E-state index is 17.0. The lowest BCUT2D eigenvalue weighted by molar-refractivity contribution is 0.0795. The maximum absolute atomic E-state index is 17.0. The van der Waals surface area contributed by atoms with Gasteiger partial charge in [0, 0.05) is 54.5 Å². The molecule has 3 saturated heterocycles. The van der Waals surface area contributed by atoms with E-state index < -0.39 is 23.3 Å². The number of carbonyl (C=O) groups excluding carboxylic acids is 1. The van der Waals surface area contributed by atoms with Gasteiger partial charge in [0.25, 0.3) is 0 Å². The number of hydrogen-bond acceptors (Lipinski definition) is 10. The highest BCUT2D eigenvalue weighted by Gasteiger charge is 2.49. The average molecular weight is 721 g/mol. The fourth-order valence-electron chi connectivity index (χ4n) is 7.93. The summed E-state index contributed by atoms with van der Waals surface area (Å²) in [6.07, 6.45) is 3.75. The topological polar surface area (TPSA) is 126 Å². The van der Waals surface area contributed by atoms with Crippen LogP contribution >= 0.6 is 22.9 Å². The highest BCUT2D eigenvalue weighted by Crippen LogP contribution is 2.46. The molecule has 0 saturated carbocycles. The minimum absolute atomic E-state index is 0.00892. The molecule has 0 amide bonds. The number of nitrogens with zero attached hydrogens (tertiary/aromatic N) is 7. The molecule has 2 N–H and O–H groups in total. The predicted molar refractivity (Wildman–Crippen MR) is 185 cm³/mol. The third-order valence-electron chi connectivity index (χ3n) is 10.4. The van der Waals surface area contributed by atoms with Crippen molar-refractivity contribution in [3.05, 3.63) is 58.4 Å². The minimum Gasteiger partial charge on any atom is -0.461 e. The second kappa shape index (κ2) is 12.4. The van der Waals surface area contributed by atoms with E-state index in [0.29, 0.717) is 50.1 Å². The Hall–Kier alpha value is -4.45. The lowest BCUT2D eigenvalue weighted by atomic mass is 9.95. The van der Waals surface area contributed by atoms with Gasteiger partial charge in [-0.2, -0.15) is 20.3 Å². The first-order valence-corrected chi connectivity index (χ1v) is 17.7. The van der Waals surface area contributed by atoms with Crippen LogP contribution in [-0.4, -0.2) is 75.1 Å². The number of carbonyl (C=O) groups is 1. The molecule has 50 heavy (non-hydrogen) atoms. The molecule has 0 bridgehead atoms. The Morgan fingerprint density at radius 3 is 2.76 bits per heavy atom. The van der Waals surface area contributed by atoms with Gasteiger partial charge >= 0.3 is 6.01 Å². The second-order valence-electron chi connectivity index (χ2n) is 13.4. The molecule has 3 aromatic heterocycles. The van der Waals surface area contributed by atoms with Crippen LogP contribution in [0.3, 0.4) is 0 Å². The molecule has 2 atom stereocenters. The fraction of sp³-hybridized carbons (Fsp3) is 0.400. The average Bonchev–Trinajstić information content (AvgIpc) is 3.86. The summed E-state index contributed by atoms with van der Waals surface area (Å²) in [7, 11) is 0.